The highest BCUT2D eigenvalue weighted by Gasteiger charge is 2.07. The first kappa shape index (κ1) is 10.7. The average molecular weight is 193 g/mol. The topological polar surface area (TPSA) is 68.0 Å². The molecule has 1 aromatic heterocycles. The van der Waals surface area contributed by atoms with Gasteiger partial charge < -0.3 is 11.1 Å². The molecule has 4 heteroatoms. The molecular formula is C10H15N3O. The van der Waals surface area contributed by atoms with Gasteiger partial charge in [-0.2, -0.15) is 0 Å². The summed E-state index contributed by atoms with van der Waals surface area (Å²) >= 11 is 0. The van der Waals surface area contributed by atoms with Crippen LogP contribution >= 0.6 is 0 Å². The van der Waals surface area contributed by atoms with Crippen molar-refractivity contribution >= 4 is 5.91 Å². The highest BCUT2D eigenvalue weighted by molar-refractivity contribution is 5.79. The summed E-state index contributed by atoms with van der Waals surface area (Å²) in [5, 5.41) is 3.02. The zero-order chi connectivity index (χ0) is 10.6. The molecule has 0 fully saturated rings. The minimum Gasteiger partial charge on any atom is -0.368 e. The largest absolute Gasteiger partial charge is 0.368 e. The first-order chi connectivity index (χ1) is 6.61. The average Bonchev–Trinajstić information content (AvgIpc) is 2.16. The number of amides is 1. The summed E-state index contributed by atoms with van der Waals surface area (Å²) in [5.74, 6) is -0.341. The van der Waals surface area contributed by atoms with E-state index in [1.807, 2.05) is 19.1 Å². The first-order valence-corrected chi connectivity index (χ1v) is 4.54. The molecule has 0 saturated heterocycles. The van der Waals surface area contributed by atoms with Crippen molar-refractivity contribution in [2.24, 2.45) is 5.73 Å². The Morgan fingerprint density at radius 1 is 1.71 bits per heavy atom. The fourth-order valence-electron chi connectivity index (χ4n) is 1.07. The summed E-state index contributed by atoms with van der Waals surface area (Å²) in [7, 11) is 0. The molecule has 14 heavy (non-hydrogen) atoms. The summed E-state index contributed by atoms with van der Waals surface area (Å²) in [4.78, 5) is 14.9. The maximum Gasteiger partial charge on any atom is 0.234 e. The first-order valence-electron chi connectivity index (χ1n) is 4.54. The Bertz CT molecular complexity index is 325. The van der Waals surface area contributed by atoms with E-state index in [0.29, 0.717) is 6.54 Å². The minimum atomic E-state index is -0.341. The molecule has 0 radical (unpaired) electrons. The molecule has 0 aliphatic rings. The van der Waals surface area contributed by atoms with E-state index in [1.54, 1.807) is 13.1 Å². The number of aromatic nitrogens is 1. The molecule has 0 bridgehead atoms. The number of nitrogens with two attached hydrogens (primary N) is 1. The molecule has 1 amide bonds. The van der Waals surface area contributed by atoms with Gasteiger partial charge in [-0.3, -0.25) is 9.78 Å². The van der Waals surface area contributed by atoms with Crippen molar-refractivity contribution in [3.05, 3.63) is 29.6 Å². The third-order valence-electron chi connectivity index (χ3n) is 2.14. The number of nitrogens with one attached hydrogen (secondary N) is 1. The van der Waals surface area contributed by atoms with Crippen LogP contribution in [-0.2, 0) is 11.3 Å². The standard InChI is InChI=1S/C10H15N3O/c1-7-9(4-3-5-12-7)6-13-8(2)10(11)14/h3-5,8,13H,6H2,1-2H3,(H2,11,14)/t8-/m0/s1. The van der Waals surface area contributed by atoms with Crippen molar-refractivity contribution in [1.29, 1.82) is 0 Å². The zero-order valence-electron chi connectivity index (χ0n) is 8.45. The van der Waals surface area contributed by atoms with Crippen LogP contribution in [0.15, 0.2) is 18.3 Å². The number of carbonyl (C=O) groups excluding carboxylic acids is 1. The molecule has 0 saturated carbocycles. The van der Waals surface area contributed by atoms with Gasteiger partial charge >= 0.3 is 0 Å². The van der Waals surface area contributed by atoms with Crippen LogP contribution in [0.4, 0.5) is 0 Å². The quantitative estimate of drug-likeness (QED) is 0.725. The van der Waals surface area contributed by atoms with E-state index >= 15 is 0 Å². The van der Waals surface area contributed by atoms with Crippen LogP contribution in [0, 0.1) is 6.92 Å². The lowest BCUT2D eigenvalue weighted by molar-refractivity contribution is -0.119. The molecule has 3 N–H and O–H groups in total. The highest BCUT2D eigenvalue weighted by Crippen LogP contribution is 2.02. The maximum atomic E-state index is 10.7. The third kappa shape index (κ3) is 2.81. The van der Waals surface area contributed by atoms with Gasteiger partial charge in [-0.1, -0.05) is 6.07 Å². The lowest BCUT2D eigenvalue weighted by atomic mass is 10.2. The van der Waals surface area contributed by atoms with Crippen LogP contribution in [0.1, 0.15) is 18.2 Å². The maximum absolute atomic E-state index is 10.7. The molecule has 0 spiro atoms. The number of nitrogens with zero attached hydrogens (tertiary/aromatic N) is 1. The van der Waals surface area contributed by atoms with Crippen LogP contribution in [0.5, 0.6) is 0 Å². The predicted octanol–water partition coefficient (Wildman–Crippen LogP) is 0.353. The summed E-state index contributed by atoms with van der Waals surface area (Å²) < 4.78 is 0. The fraction of sp³-hybridized carbons (Fsp3) is 0.400. The number of carbonyl (C=O) groups is 1. The Morgan fingerprint density at radius 2 is 2.43 bits per heavy atom. The third-order valence-corrected chi connectivity index (χ3v) is 2.14. The summed E-state index contributed by atoms with van der Waals surface area (Å²) in [6.07, 6.45) is 1.75. The van der Waals surface area contributed by atoms with Gasteiger partial charge in [0.25, 0.3) is 0 Å². The van der Waals surface area contributed by atoms with E-state index < -0.39 is 0 Å². The molecule has 0 aliphatic heterocycles. The summed E-state index contributed by atoms with van der Waals surface area (Å²) in [5.41, 5.74) is 7.17. The highest BCUT2D eigenvalue weighted by atomic mass is 16.1. The van der Waals surface area contributed by atoms with Gasteiger partial charge in [-0.15, -0.1) is 0 Å². The molecule has 1 rings (SSSR count). The molecule has 76 valence electrons. The Balaban J connectivity index is 2.54. The lowest BCUT2D eigenvalue weighted by Gasteiger charge is -2.10. The lowest BCUT2D eigenvalue weighted by Crippen LogP contribution is -2.38. The Labute approximate surface area is 83.5 Å². The zero-order valence-corrected chi connectivity index (χ0v) is 8.45. The molecule has 0 aliphatic carbocycles. The molecule has 4 nitrogen and oxygen atoms in total. The number of hydrogen-bond donors (Lipinski definition) is 2. The molecule has 0 aromatic carbocycles. The molecule has 1 aromatic rings. The van der Waals surface area contributed by atoms with Crippen molar-refractivity contribution in [2.75, 3.05) is 0 Å². The predicted molar refractivity (Wildman–Crippen MR) is 54.5 cm³/mol. The second-order valence-corrected chi connectivity index (χ2v) is 3.25. The normalized spacial score (nSPS) is 12.4. The van der Waals surface area contributed by atoms with E-state index in [0.717, 1.165) is 11.3 Å². The SMILES string of the molecule is Cc1ncccc1CN[C@@H](C)C(N)=O. The number of rotatable bonds is 4. The second kappa shape index (κ2) is 4.72. The summed E-state index contributed by atoms with van der Waals surface area (Å²) in [6.45, 7) is 4.30. The molecular weight excluding hydrogens is 178 g/mol. The second-order valence-electron chi connectivity index (χ2n) is 3.25. The van der Waals surface area contributed by atoms with E-state index in [9.17, 15) is 4.79 Å². The van der Waals surface area contributed by atoms with Crippen LogP contribution in [0.25, 0.3) is 0 Å². The summed E-state index contributed by atoms with van der Waals surface area (Å²) in [6, 6.07) is 3.54. The van der Waals surface area contributed by atoms with Crippen LogP contribution in [0.3, 0.4) is 0 Å². The fourth-order valence-corrected chi connectivity index (χ4v) is 1.07. The number of primary amides is 1. The van der Waals surface area contributed by atoms with Gasteiger partial charge in [0.2, 0.25) is 5.91 Å². The van der Waals surface area contributed by atoms with E-state index in [4.69, 9.17) is 5.73 Å². The Morgan fingerprint density at radius 3 is 3.00 bits per heavy atom. The molecule has 1 heterocycles. The number of pyridine rings is 1. The van der Waals surface area contributed by atoms with Gasteiger partial charge in [0.1, 0.15) is 0 Å². The number of aryl methyl sites for hydroxylation is 1. The van der Waals surface area contributed by atoms with Crippen molar-refractivity contribution in [3.63, 3.8) is 0 Å². The van der Waals surface area contributed by atoms with Gasteiger partial charge in [0.05, 0.1) is 6.04 Å². The van der Waals surface area contributed by atoms with E-state index in [-0.39, 0.29) is 11.9 Å². The van der Waals surface area contributed by atoms with Crippen LogP contribution in [-0.4, -0.2) is 16.9 Å². The monoisotopic (exact) mass is 193 g/mol. The van der Waals surface area contributed by atoms with Crippen LogP contribution < -0.4 is 11.1 Å². The van der Waals surface area contributed by atoms with Gasteiger partial charge in [-0.25, -0.2) is 0 Å². The van der Waals surface area contributed by atoms with E-state index in [2.05, 4.69) is 10.3 Å². The van der Waals surface area contributed by atoms with Crippen molar-refractivity contribution in [3.8, 4) is 0 Å². The smallest absolute Gasteiger partial charge is 0.234 e. The van der Waals surface area contributed by atoms with Gasteiger partial charge in [0.15, 0.2) is 0 Å². The van der Waals surface area contributed by atoms with Crippen LogP contribution in [0.2, 0.25) is 0 Å². The Hall–Kier alpha value is -1.42. The minimum absolute atomic E-state index is 0.311. The van der Waals surface area contributed by atoms with Gasteiger partial charge in [-0.05, 0) is 25.5 Å². The van der Waals surface area contributed by atoms with Crippen molar-refractivity contribution < 1.29 is 4.79 Å². The van der Waals surface area contributed by atoms with E-state index in [1.165, 1.54) is 0 Å². The Kier molecular flexibility index (Phi) is 3.59. The molecule has 0 unspecified atom stereocenters. The van der Waals surface area contributed by atoms with Gasteiger partial charge in [0, 0.05) is 18.4 Å². The number of hydrogen-bond acceptors (Lipinski definition) is 3. The molecule has 1 atom stereocenters. The van der Waals surface area contributed by atoms with Crippen molar-refractivity contribution in [1.82, 2.24) is 10.3 Å². The van der Waals surface area contributed by atoms with Crippen molar-refractivity contribution in [2.45, 2.75) is 26.4 Å².